The van der Waals surface area contributed by atoms with E-state index in [0.29, 0.717) is 5.41 Å². The second-order valence-corrected chi connectivity index (χ2v) is 9.17. The van der Waals surface area contributed by atoms with Crippen molar-refractivity contribution in [1.82, 2.24) is 9.55 Å². The first-order chi connectivity index (χ1) is 12.4. The zero-order valence-electron chi connectivity index (χ0n) is 16.9. The molecule has 0 aliphatic heterocycles. The molecule has 0 saturated carbocycles. The van der Waals surface area contributed by atoms with E-state index < -0.39 is 0 Å². The number of aromatic nitrogens is 2. The summed E-state index contributed by atoms with van der Waals surface area (Å²) in [5.74, 6) is 0. The van der Waals surface area contributed by atoms with Gasteiger partial charge in [0.05, 0.1) is 31.9 Å². The number of quaternary nitrogens is 1. The van der Waals surface area contributed by atoms with Gasteiger partial charge in [-0.3, -0.25) is 4.98 Å². The van der Waals surface area contributed by atoms with Crippen molar-refractivity contribution in [3.05, 3.63) is 41.2 Å². The molecule has 2 aromatic heterocycles. The molecule has 26 heavy (non-hydrogen) atoms. The number of fused-ring (bicyclic) bond motifs is 5. The van der Waals surface area contributed by atoms with E-state index in [-0.39, 0.29) is 0 Å². The third-order valence-electron chi connectivity index (χ3n) is 6.02. The summed E-state index contributed by atoms with van der Waals surface area (Å²) in [6.45, 7) is 9.23. The van der Waals surface area contributed by atoms with Gasteiger partial charge in [0, 0.05) is 34.9 Å². The fraction of sp³-hybridized carbons (Fsp3) is 0.522. The molecular formula is C23H32N3+. The molecule has 2 heterocycles. The van der Waals surface area contributed by atoms with Crippen LogP contribution in [0.3, 0.4) is 0 Å². The Labute approximate surface area is 157 Å². The lowest BCUT2D eigenvalue weighted by molar-refractivity contribution is -0.858. The van der Waals surface area contributed by atoms with Crippen LogP contribution < -0.4 is 4.90 Å². The van der Waals surface area contributed by atoms with Crippen molar-refractivity contribution in [3.8, 4) is 0 Å². The third kappa shape index (κ3) is 2.92. The first-order valence-corrected chi connectivity index (χ1v) is 10.1. The van der Waals surface area contributed by atoms with E-state index in [1.807, 2.05) is 0 Å². The van der Waals surface area contributed by atoms with Crippen molar-refractivity contribution in [3.63, 3.8) is 0 Å². The van der Waals surface area contributed by atoms with Gasteiger partial charge in [0.1, 0.15) is 0 Å². The van der Waals surface area contributed by atoms with E-state index >= 15 is 0 Å². The molecule has 4 rings (SSSR count). The minimum atomic E-state index is 0.368. The Kier molecular flexibility index (Phi) is 4.31. The standard InChI is InChI=1S/C23H31N3/c1-16-22-21(17-11-12-23(2,3)15-19(17)24-16)18-9-6-7-10-20(18)26(22)14-8-13-25(4)5/h6-7,9-10H,8,11-15H2,1-5H3/p+1. The third-order valence-corrected chi connectivity index (χ3v) is 6.02. The van der Waals surface area contributed by atoms with Gasteiger partial charge in [-0.2, -0.15) is 0 Å². The molecule has 0 amide bonds. The molecule has 1 aromatic carbocycles. The molecule has 0 spiro atoms. The maximum absolute atomic E-state index is 5.11. The van der Waals surface area contributed by atoms with Crippen LogP contribution in [0.1, 0.15) is 43.6 Å². The number of para-hydroxylation sites is 1. The number of aryl methyl sites for hydroxylation is 3. The van der Waals surface area contributed by atoms with Gasteiger partial charge in [-0.1, -0.05) is 32.0 Å². The molecule has 0 fully saturated rings. The summed E-state index contributed by atoms with van der Waals surface area (Å²) < 4.78 is 2.54. The van der Waals surface area contributed by atoms with E-state index in [2.05, 4.69) is 63.7 Å². The van der Waals surface area contributed by atoms with Gasteiger partial charge in [0.25, 0.3) is 0 Å². The molecule has 3 aromatic rings. The quantitative estimate of drug-likeness (QED) is 0.764. The summed E-state index contributed by atoms with van der Waals surface area (Å²) in [4.78, 5) is 6.62. The fourth-order valence-corrected chi connectivity index (χ4v) is 4.70. The molecule has 0 unspecified atom stereocenters. The van der Waals surface area contributed by atoms with Crippen LogP contribution >= 0.6 is 0 Å². The van der Waals surface area contributed by atoms with Crippen LogP contribution in [-0.2, 0) is 19.4 Å². The normalized spacial score (nSPS) is 16.5. The maximum Gasteiger partial charge on any atom is 0.0784 e. The highest BCUT2D eigenvalue weighted by Gasteiger charge is 2.29. The van der Waals surface area contributed by atoms with Gasteiger partial charge in [-0.25, -0.2) is 0 Å². The molecule has 1 N–H and O–H groups in total. The lowest BCUT2D eigenvalue weighted by Crippen LogP contribution is -3.05. The lowest BCUT2D eigenvalue weighted by atomic mass is 9.75. The summed E-state index contributed by atoms with van der Waals surface area (Å²) in [6, 6.07) is 8.96. The molecule has 0 saturated heterocycles. The molecule has 0 bridgehead atoms. The molecule has 0 radical (unpaired) electrons. The van der Waals surface area contributed by atoms with Crippen LogP contribution in [0, 0.1) is 12.3 Å². The predicted octanol–water partition coefficient (Wildman–Crippen LogP) is 3.55. The Balaban J connectivity index is 1.94. The molecule has 1 aliphatic rings. The Morgan fingerprint density at radius 1 is 1.19 bits per heavy atom. The average molecular weight is 351 g/mol. The van der Waals surface area contributed by atoms with Crippen molar-refractivity contribution in [2.45, 2.75) is 53.0 Å². The van der Waals surface area contributed by atoms with E-state index in [1.54, 1.807) is 0 Å². The molecule has 0 atom stereocenters. The van der Waals surface area contributed by atoms with Crippen molar-refractivity contribution in [1.29, 1.82) is 0 Å². The van der Waals surface area contributed by atoms with Crippen LogP contribution in [0.4, 0.5) is 0 Å². The fourth-order valence-electron chi connectivity index (χ4n) is 4.70. The maximum atomic E-state index is 5.11. The second kappa shape index (κ2) is 6.38. The average Bonchev–Trinajstić information content (AvgIpc) is 2.89. The van der Waals surface area contributed by atoms with Gasteiger partial charge in [-0.05, 0) is 43.2 Å². The van der Waals surface area contributed by atoms with Gasteiger partial charge in [-0.15, -0.1) is 0 Å². The summed E-state index contributed by atoms with van der Waals surface area (Å²) in [5.41, 5.74) is 7.17. The summed E-state index contributed by atoms with van der Waals surface area (Å²) >= 11 is 0. The highest BCUT2D eigenvalue weighted by molar-refractivity contribution is 6.10. The zero-order valence-corrected chi connectivity index (χ0v) is 16.9. The highest BCUT2D eigenvalue weighted by Crippen LogP contribution is 2.41. The van der Waals surface area contributed by atoms with E-state index in [9.17, 15) is 0 Å². The monoisotopic (exact) mass is 350 g/mol. The van der Waals surface area contributed by atoms with Gasteiger partial charge in [0.2, 0.25) is 0 Å². The Morgan fingerprint density at radius 2 is 1.96 bits per heavy atom. The van der Waals surface area contributed by atoms with Crippen LogP contribution in [-0.4, -0.2) is 30.2 Å². The van der Waals surface area contributed by atoms with Gasteiger partial charge >= 0.3 is 0 Å². The number of hydrogen-bond acceptors (Lipinski definition) is 1. The van der Waals surface area contributed by atoms with Crippen molar-refractivity contribution in [2.24, 2.45) is 5.41 Å². The van der Waals surface area contributed by atoms with Crippen molar-refractivity contribution < 1.29 is 4.90 Å². The number of pyridine rings is 1. The lowest BCUT2D eigenvalue weighted by Gasteiger charge is -2.31. The number of nitrogens with one attached hydrogen (secondary N) is 1. The number of nitrogens with zero attached hydrogens (tertiary/aromatic N) is 2. The summed E-state index contributed by atoms with van der Waals surface area (Å²) in [7, 11) is 4.47. The molecular weight excluding hydrogens is 318 g/mol. The number of benzene rings is 1. The summed E-state index contributed by atoms with van der Waals surface area (Å²) in [5, 5.41) is 2.90. The number of rotatable bonds is 4. The van der Waals surface area contributed by atoms with Crippen LogP contribution in [0.5, 0.6) is 0 Å². The molecule has 1 aliphatic carbocycles. The Hall–Kier alpha value is -1.87. The zero-order chi connectivity index (χ0) is 18.5. The van der Waals surface area contributed by atoms with E-state index in [4.69, 9.17) is 4.98 Å². The second-order valence-electron chi connectivity index (χ2n) is 9.17. The van der Waals surface area contributed by atoms with Crippen LogP contribution in [0.15, 0.2) is 24.3 Å². The summed E-state index contributed by atoms with van der Waals surface area (Å²) in [6.07, 6.45) is 4.70. The van der Waals surface area contributed by atoms with Crippen molar-refractivity contribution in [2.75, 3.05) is 20.6 Å². The van der Waals surface area contributed by atoms with E-state index in [0.717, 1.165) is 19.4 Å². The van der Waals surface area contributed by atoms with Crippen LogP contribution in [0.2, 0.25) is 0 Å². The minimum absolute atomic E-state index is 0.368. The smallest absolute Gasteiger partial charge is 0.0784 e. The largest absolute Gasteiger partial charge is 0.340 e. The Morgan fingerprint density at radius 3 is 2.73 bits per heavy atom. The SMILES string of the molecule is Cc1nc2c(c3c4ccccc4n(CCC[NH+](C)C)c13)CCC(C)(C)C2. The minimum Gasteiger partial charge on any atom is -0.340 e. The van der Waals surface area contributed by atoms with Crippen LogP contribution in [0.25, 0.3) is 21.8 Å². The first-order valence-electron chi connectivity index (χ1n) is 10.1. The predicted molar refractivity (Wildman–Crippen MR) is 110 cm³/mol. The Bertz CT molecular complexity index is 963. The molecule has 3 nitrogen and oxygen atoms in total. The molecule has 3 heteroatoms. The van der Waals surface area contributed by atoms with E-state index in [1.165, 1.54) is 63.0 Å². The first kappa shape index (κ1) is 17.5. The highest BCUT2D eigenvalue weighted by atomic mass is 15.1. The number of hydrogen-bond donors (Lipinski definition) is 1. The molecule has 138 valence electrons. The van der Waals surface area contributed by atoms with Gasteiger partial charge in [0.15, 0.2) is 0 Å². The topological polar surface area (TPSA) is 22.3 Å². The van der Waals surface area contributed by atoms with Crippen molar-refractivity contribution >= 4 is 21.8 Å². The van der Waals surface area contributed by atoms with Gasteiger partial charge < -0.3 is 9.47 Å².